The normalized spacial score (nSPS) is 14.4. The maximum atomic E-state index is 11.9. The van der Waals surface area contributed by atoms with E-state index in [0.29, 0.717) is 0 Å². The smallest absolute Gasteiger partial charge is 0.328 e. The highest BCUT2D eigenvalue weighted by molar-refractivity contribution is 5.84. The van der Waals surface area contributed by atoms with Gasteiger partial charge in [0, 0.05) is 12.8 Å². The molecule has 0 aliphatic heterocycles. The molecule has 140 valence electrons. The van der Waals surface area contributed by atoms with Gasteiger partial charge in [0.05, 0.1) is 13.2 Å². The molecule has 0 spiro atoms. The van der Waals surface area contributed by atoms with Crippen molar-refractivity contribution in [2.45, 2.75) is 44.4 Å². The van der Waals surface area contributed by atoms with Gasteiger partial charge in [-0.3, -0.25) is 9.59 Å². The number of amides is 1. The lowest BCUT2D eigenvalue weighted by atomic mass is 10.1. The Morgan fingerprint density at radius 1 is 1.00 bits per heavy atom. The van der Waals surface area contributed by atoms with Crippen molar-refractivity contribution in [3.8, 4) is 0 Å². The van der Waals surface area contributed by atoms with Crippen LogP contribution in [0.3, 0.4) is 0 Å². The molecule has 0 bridgehead atoms. The van der Waals surface area contributed by atoms with E-state index in [1.165, 1.54) is 0 Å². The van der Waals surface area contributed by atoms with Gasteiger partial charge in [-0.15, -0.1) is 0 Å². The molecule has 0 aliphatic carbocycles. The van der Waals surface area contributed by atoms with Gasteiger partial charge in [-0.05, 0) is 6.42 Å². The lowest BCUT2D eigenvalue weighted by Gasteiger charge is -2.18. The first-order valence-electron chi connectivity index (χ1n) is 7.53. The topological polar surface area (TPSA) is 163 Å². The van der Waals surface area contributed by atoms with E-state index in [9.17, 15) is 14.4 Å². The minimum absolute atomic E-state index is 0.103. The van der Waals surface area contributed by atoms with E-state index in [1.54, 1.807) is 6.92 Å². The number of aliphatic hydroxyl groups excluding tert-OH is 4. The number of hydrogen-bond donors (Lipinski definition) is 5. The second kappa shape index (κ2) is 12.6. The third-order valence-corrected chi connectivity index (χ3v) is 2.85. The summed E-state index contributed by atoms with van der Waals surface area (Å²) in [6.07, 6.45) is -2.63. The first-order valence-corrected chi connectivity index (χ1v) is 7.53. The molecule has 3 unspecified atom stereocenters. The number of aliphatic hydroxyl groups is 4. The van der Waals surface area contributed by atoms with E-state index in [-0.39, 0.29) is 25.9 Å². The monoisotopic (exact) mass is 351 g/mol. The van der Waals surface area contributed by atoms with Crippen molar-refractivity contribution in [2.75, 3.05) is 26.4 Å². The Hall–Kier alpha value is -1.75. The third kappa shape index (κ3) is 10.1. The minimum Gasteiger partial charge on any atom is -0.463 e. The average molecular weight is 351 g/mol. The molecule has 0 heterocycles. The van der Waals surface area contributed by atoms with Crippen molar-refractivity contribution in [3.05, 3.63) is 0 Å². The molecule has 0 fully saturated rings. The van der Waals surface area contributed by atoms with Crippen LogP contribution in [0.5, 0.6) is 0 Å². The molecule has 10 nitrogen and oxygen atoms in total. The standard InChI is InChI=1S/C14H25NO9/c1-2-12(20)15-11(14(22)24-8-10(19)6-17)3-4-13(21)23-7-9(18)5-16/h9-11,16-19H,2-8H2,1H3,(H,15,20). The molecular formula is C14H25NO9. The molecule has 0 saturated heterocycles. The second-order valence-electron chi connectivity index (χ2n) is 5.00. The van der Waals surface area contributed by atoms with Gasteiger partial charge in [0.2, 0.25) is 5.91 Å². The molecule has 1 amide bonds. The van der Waals surface area contributed by atoms with Crippen LogP contribution in [0.4, 0.5) is 0 Å². The molecule has 5 N–H and O–H groups in total. The fourth-order valence-corrected chi connectivity index (χ4v) is 1.45. The highest BCUT2D eigenvalue weighted by Crippen LogP contribution is 2.04. The van der Waals surface area contributed by atoms with Crippen LogP contribution in [0.15, 0.2) is 0 Å². The fraction of sp³-hybridized carbons (Fsp3) is 0.786. The van der Waals surface area contributed by atoms with Crippen LogP contribution in [-0.2, 0) is 23.9 Å². The molecule has 0 aliphatic rings. The first kappa shape index (κ1) is 22.2. The van der Waals surface area contributed by atoms with Crippen LogP contribution in [-0.4, -0.2) is 82.9 Å². The number of nitrogens with one attached hydrogen (secondary N) is 1. The summed E-state index contributed by atoms with van der Waals surface area (Å²) in [5.41, 5.74) is 0. The summed E-state index contributed by atoms with van der Waals surface area (Å²) in [4.78, 5) is 34.8. The Morgan fingerprint density at radius 3 is 2.04 bits per heavy atom. The number of ether oxygens (including phenoxy) is 2. The summed E-state index contributed by atoms with van der Waals surface area (Å²) >= 11 is 0. The van der Waals surface area contributed by atoms with E-state index >= 15 is 0 Å². The van der Waals surface area contributed by atoms with Crippen molar-refractivity contribution in [1.29, 1.82) is 0 Å². The Morgan fingerprint density at radius 2 is 1.54 bits per heavy atom. The lowest BCUT2D eigenvalue weighted by Crippen LogP contribution is -2.42. The Bertz CT molecular complexity index is 402. The maximum Gasteiger partial charge on any atom is 0.328 e. The zero-order valence-electron chi connectivity index (χ0n) is 13.5. The van der Waals surface area contributed by atoms with Gasteiger partial charge in [-0.25, -0.2) is 4.79 Å². The third-order valence-electron chi connectivity index (χ3n) is 2.85. The number of hydrogen-bond acceptors (Lipinski definition) is 9. The van der Waals surface area contributed by atoms with Crippen molar-refractivity contribution >= 4 is 17.8 Å². The van der Waals surface area contributed by atoms with Gasteiger partial charge in [0.1, 0.15) is 31.5 Å². The van der Waals surface area contributed by atoms with Crippen LogP contribution in [0, 0.1) is 0 Å². The first-order chi connectivity index (χ1) is 11.3. The SMILES string of the molecule is CCC(=O)NC(CCC(=O)OCC(O)CO)C(=O)OCC(O)CO. The molecule has 0 aromatic carbocycles. The van der Waals surface area contributed by atoms with Crippen LogP contribution in [0.2, 0.25) is 0 Å². The van der Waals surface area contributed by atoms with Crippen molar-refractivity contribution in [1.82, 2.24) is 5.32 Å². The average Bonchev–Trinajstić information content (AvgIpc) is 2.59. The lowest BCUT2D eigenvalue weighted by molar-refractivity contribution is -0.152. The number of carbonyl (C=O) groups excluding carboxylic acids is 3. The molecule has 0 aromatic rings. The quantitative estimate of drug-likeness (QED) is 0.238. The van der Waals surface area contributed by atoms with Gasteiger partial charge >= 0.3 is 11.9 Å². The Labute approximate surface area is 139 Å². The van der Waals surface area contributed by atoms with Crippen LogP contribution >= 0.6 is 0 Å². The summed E-state index contributed by atoms with van der Waals surface area (Å²) in [6.45, 7) is -0.381. The van der Waals surface area contributed by atoms with E-state index < -0.39 is 55.9 Å². The van der Waals surface area contributed by atoms with Crippen LogP contribution < -0.4 is 5.32 Å². The second-order valence-corrected chi connectivity index (χ2v) is 5.00. The number of carbonyl (C=O) groups is 3. The van der Waals surface area contributed by atoms with Gasteiger partial charge in [0.15, 0.2) is 0 Å². The maximum absolute atomic E-state index is 11.9. The molecule has 0 radical (unpaired) electrons. The zero-order chi connectivity index (χ0) is 18.5. The predicted octanol–water partition coefficient (Wildman–Crippen LogP) is -2.55. The summed E-state index contributed by atoms with van der Waals surface area (Å²) in [5, 5.41) is 37.9. The number of esters is 2. The highest BCUT2D eigenvalue weighted by atomic mass is 16.5. The summed E-state index contributed by atoms with van der Waals surface area (Å²) < 4.78 is 9.45. The minimum atomic E-state index is -1.23. The van der Waals surface area contributed by atoms with E-state index in [2.05, 4.69) is 10.1 Å². The van der Waals surface area contributed by atoms with Gasteiger partial charge in [-0.1, -0.05) is 6.92 Å². The number of rotatable bonds is 12. The van der Waals surface area contributed by atoms with Crippen molar-refractivity contribution in [2.24, 2.45) is 0 Å². The van der Waals surface area contributed by atoms with Crippen LogP contribution in [0.1, 0.15) is 26.2 Å². The highest BCUT2D eigenvalue weighted by Gasteiger charge is 2.24. The van der Waals surface area contributed by atoms with Gasteiger partial charge in [-0.2, -0.15) is 0 Å². The molecular weight excluding hydrogens is 326 g/mol. The summed E-state index contributed by atoms with van der Waals surface area (Å²) in [6, 6.07) is -1.11. The largest absolute Gasteiger partial charge is 0.463 e. The Kier molecular flexibility index (Phi) is 11.7. The van der Waals surface area contributed by atoms with Crippen molar-refractivity contribution in [3.63, 3.8) is 0 Å². The van der Waals surface area contributed by atoms with Crippen molar-refractivity contribution < 1.29 is 44.3 Å². The molecule has 10 heteroatoms. The summed E-state index contributed by atoms with van der Waals surface area (Å²) in [7, 11) is 0. The summed E-state index contributed by atoms with van der Waals surface area (Å²) in [5.74, 6) is -2.00. The zero-order valence-corrected chi connectivity index (χ0v) is 13.5. The van der Waals surface area contributed by atoms with E-state index in [1.807, 2.05) is 0 Å². The van der Waals surface area contributed by atoms with Gasteiger partial charge < -0.3 is 35.2 Å². The predicted molar refractivity (Wildman–Crippen MR) is 79.6 cm³/mol. The van der Waals surface area contributed by atoms with E-state index in [0.717, 1.165) is 0 Å². The molecule has 3 atom stereocenters. The Balaban J connectivity index is 4.46. The van der Waals surface area contributed by atoms with Gasteiger partial charge in [0.25, 0.3) is 0 Å². The van der Waals surface area contributed by atoms with E-state index in [4.69, 9.17) is 25.2 Å². The molecule has 0 aromatic heterocycles. The molecule has 24 heavy (non-hydrogen) atoms. The molecule has 0 saturated carbocycles. The molecule has 0 rings (SSSR count). The van der Waals surface area contributed by atoms with Crippen LogP contribution in [0.25, 0.3) is 0 Å². The fourth-order valence-electron chi connectivity index (χ4n) is 1.45.